The highest BCUT2D eigenvalue weighted by Gasteiger charge is 2.35. The van der Waals surface area contributed by atoms with Crippen LogP contribution < -0.4 is 10.3 Å². The fraction of sp³-hybridized carbons (Fsp3) is 0.517. The van der Waals surface area contributed by atoms with Crippen molar-refractivity contribution in [1.29, 1.82) is 0 Å². The number of fused-ring (bicyclic) bond motifs is 1. The lowest BCUT2D eigenvalue weighted by Crippen LogP contribution is -2.55. The van der Waals surface area contributed by atoms with Crippen molar-refractivity contribution in [3.05, 3.63) is 65.5 Å². The van der Waals surface area contributed by atoms with E-state index in [0.717, 1.165) is 29.7 Å². The average molecular weight is 480 g/mol. The van der Waals surface area contributed by atoms with Crippen LogP contribution in [0.25, 0.3) is 0 Å². The molecule has 0 spiro atoms. The molecule has 0 radical (unpaired) electrons. The minimum atomic E-state index is -0.576. The maximum atomic E-state index is 14.0. The minimum Gasteiger partial charge on any atom is -0.344 e. The van der Waals surface area contributed by atoms with Gasteiger partial charge in [-0.1, -0.05) is 69.4 Å². The van der Waals surface area contributed by atoms with Crippen LogP contribution >= 0.6 is 0 Å². The smallest absolute Gasteiger partial charge is 0.263 e. The van der Waals surface area contributed by atoms with Gasteiger partial charge in [-0.05, 0) is 61.4 Å². The summed E-state index contributed by atoms with van der Waals surface area (Å²) in [7, 11) is 0. The number of anilines is 1. The Kier molecular flexibility index (Phi) is 8.42. The van der Waals surface area contributed by atoms with E-state index in [0.29, 0.717) is 38.3 Å². The second-order valence-corrected chi connectivity index (χ2v) is 9.87. The number of rotatable bonds is 9. The maximum Gasteiger partial charge on any atom is 0.263 e. The molecule has 5 nitrogen and oxygen atoms in total. The topological polar surface area (TPSA) is 52.7 Å². The Morgan fingerprint density at radius 2 is 1.83 bits per heavy atom. The summed E-state index contributed by atoms with van der Waals surface area (Å²) in [6.45, 7) is 5.08. The third kappa shape index (κ3) is 5.85. The van der Waals surface area contributed by atoms with Crippen LogP contribution in [0.5, 0.6) is 0 Å². The molecule has 2 aromatic rings. The van der Waals surface area contributed by atoms with Gasteiger partial charge in [0.25, 0.3) is 5.91 Å². The number of amides is 2. The SMILES string of the molecule is CCC(C(=O)NC(CC1CCCCC1)C(=O)N(CC)N1CCc2cc(F)ccc21)c1ccccc1. The van der Waals surface area contributed by atoms with Crippen LogP contribution in [0.1, 0.15) is 75.8 Å². The zero-order valence-corrected chi connectivity index (χ0v) is 21.0. The van der Waals surface area contributed by atoms with Crippen LogP contribution in [0.2, 0.25) is 0 Å². The van der Waals surface area contributed by atoms with E-state index in [4.69, 9.17) is 0 Å². The number of halogens is 1. The van der Waals surface area contributed by atoms with Crippen molar-refractivity contribution in [3.63, 3.8) is 0 Å². The fourth-order valence-electron chi connectivity index (χ4n) is 5.74. The van der Waals surface area contributed by atoms with E-state index in [-0.39, 0.29) is 23.5 Å². The van der Waals surface area contributed by atoms with Gasteiger partial charge in [0.15, 0.2) is 0 Å². The highest BCUT2D eigenvalue weighted by molar-refractivity contribution is 5.91. The normalized spacial score (nSPS) is 17.5. The second kappa shape index (κ2) is 11.7. The first kappa shape index (κ1) is 25.2. The molecule has 1 N–H and O–H groups in total. The van der Waals surface area contributed by atoms with Crippen molar-refractivity contribution in [1.82, 2.24) is 10.3 Å². The molecule has 2 atom stereocenters. The van der Waals surface area contributed by atoms with Gasteiger partial charge in [-0.2, -0.15) is 0 Å². The number of hydrazine groups is 1. The summed E-state index contributed by atoms with van der Waals surface area (Å²) in [4.78, 5) is 27.5. The van der Waals surface area contributed by atoms with Crippen LogP contribution in [0.3, 0.4) is 0 Å². The van der Waals surface area contributed by atoms with E-state index in [1.165, 1.54) is 25.3 Å². The van der Waals surface area contributed by atoms with Crippen molar-refractivity contribution in [2.24, 2.45) is 5.92 Å². The van der Waals surface area contributed by atoms with E-state index in [2.05, 4.69) is 5.32 Å². The summed E-state index contributed by atoms with van der Waals surface area (Å²) < 4.78 is 13.8. The number of hydrogen-bond donors (Lipinski definition) is 1. The molecule has 35 heavy (non-hydrogen) atoms. The van der Waals surface area contributed by atoms with Crippen molar-refractivity contribution in [2.45, 2.75) is 77.2 Å². The molecule has 1 heterocycles. The summed E-state index contributed by atoms with van der Waals surface area (Å²) >= 11 is 0. The van der Waals surface area contributed by atoms with Crippen LogP contribution in [-0.4, -0.2) is 36.0 Å². The number of nitrogens with one attached hydrogen (secondary N) is 1. The molecule has 0 saturated heterocycles. The van der Waals surface area contributed by atoms with E-state index < -0.39 is 6.04 Å². The highest BCUT2D eigenvalue weighted by Crippen LogP contribution is 2.32. The highest BCUT2D eigenvalue weighted by atomic mass is 19.1. The van der Waals surface area contributed by atoms with Gasteiger partial charge in [-0.3, -0.25) is 19.6 Å². The second-order valence-electron chi connectivity index (χ2n) is 9.87. The molecular weight excluding hydrogens is 441 g/mol. The Bertz CT molecular complexity index is 1010. The van der Waals surface area contributed by atoms with Gasteiger partial charge in [0.1, 0.15) is 11.9 Å². The molecular formula is C29H38FN3O2. The van der Waals surface area contributed by atoms with E-state index in [1.807, 2.05) is 49.2 Å². The summed E-state index contributed by atoms with van der Waals surface area (Å²) in [5.41, 5.74) is 2.76. The number of nitrogens with zero attached hydrogens (tertiary/aromatic N) is 2. The van der Waals surface area contributed by atoms with Crippen molar-refractivity contribution >= 4 is 17.5 Å². The zero-order valence-electron chi connectivity index (χ0n) is 21.0. The first-order chi connectivity index (χ1) is 17.0. The Hall–Kier alpha value is -2.89. The summed E-state index contributed by atoms with van der Waals surface area (Å²) in [5, 5.41) is 6.88. The lowest BCUT2D eigenvalue weighted by molar-refractivity contribution is -0.137. The van der Waals surface area contributed by atoms with Gasteiger partial charge in [-0.15, -0.1) is 0 Å². The molecule has 1 saturated carbocycles. The third-order valence-electron chi connectivity index (χ3n) is 7.59. The predicted molar refractivity (Wildman–Crippen MR) is 137 cm³/mol. The number of carbonyl (C=O) groups excluding carboxylic acids is 2. The summed E-state index contributed by atoms with van der Waals surface area (Å²) in [6.07, 6.45) is 7.85. The van der Waals surface area contributed by atoms with E-state index in [9.17, 15) is 14.0 Å². The Balaban J connectivity index is 1.56. The first-order valence-corrected chi connectivity index (χ1v) is 13.2. The van der Waals surface area contributed by atoms with Gasteiger partial charge < -0.3 is 5.32 Å². The Morgan fingerprint density at radius 1 is 1.09 bits per heavy atom. The monoisotopic (exact) mass is 479 g/mol. The van der Waals surface area contributed by atoms with Crippen molar-refractivity contribution < 1.29 is 14.0 Å². The molecule has 2 aromatic carbocycles. The Morgan fingerprint density at radius 3 is 2.51 bits per heavy atom. The molecule has 2 aliphatic rings. The first-order valence-electron chi connectivity index (χ1n) is 13.2. The minimum absolute atomic E-state index is 0.0773. The van der Waals surface area contributed by atoms with Gasteiger partial charge in [0.2, 0.25) is 5.91 Å². The van der Waals surface area contributed by atoms with Crippen LogP contribution in [0.15, 0.2) is 48.5 Å². The molecule has 2 unspecified atom stereocenters. The van der Waals surface area contributed by atoms with Crippen LogP contribution in [0, 0.1) is 11.7 Å². The van der Waals surface area contributed by atoms with E-state index >= 15 is 0 Å². The van der Waals surface area contributed by atoms with Gasteiger partial charge in [0.05, 0.1) is 11.6 Å². The Labute approximate surface area is 208 Å². The average Bonchev–Trinajstić information content (AvgIpc) is 3.28. The largest absolute Gasteiger partial charge is 0.344 e. The van der Waals surface area contributed by atoms with Gasteiger partial charge in [0, 0.05) is 13.1 Å². The summed E-state index contributed by atoms with van der Waals surface area (Å²) in [5.74, 6) is -0.273. The molecule has 4 rings (SSSR count). The zero-order chi connectivity index (χ0) is 24.8. The lowest BCUT2D eigenvalue weighted by atomic mass is 9.84. The molecule has 0 bridgehead atoms. The van der Waals surface area contributed by atoms with Gasteiger partial charge >= 0.3 is 0 Å². The van der Waals surface area contributed by atoms with Crippen LogP contribution in [-0.2, 0) is 16.0 Å². The predicted octanol–water partition coefficient (Wildman–Crippen LogP) is 5.60. The molecule has 188 valence electrons. The molecule has 0 aromatic heterocycles. The quantitative estimate of drug-likeness (QED) is 0.509. The molecule has 1 fully saturated rings. The summed E-state index contributed by atoms with van der Waals surface area (Å²) in [6, 6.07) is 14.0. The third-order valence-corrected chi connectivity index (χ3v) is 7.59. The fourth-order valence-corrected chi connectivity index (χ4v) is 5.74. The molecule has 6 heteroatoms. The number of benzene rings is 2. The van der Waals surface area contributed by atoms with Gasteiger partial charge in [-0.25, -0.2) is 4.39 Å². The van der Waals surface area contributed by atoms with Crippen molar-refractivity contribution in [2.75, 3.05) is 18.1 Å². The number of hydrogen-bond acceptors (Lipinski definition) is 3. The molecule has 1 aliphatic heterocycles. The number of carbonyl (C=O) groups is 2. The number of likely N-dealkylation sites (N-methyl/N-ethyl adjacent to an activating group) is 1. The standard InChI is InChI=1S/C29H38FN3O2/c1-3-25(22-13-9-6-10-14-22)28(34)31-26(19-21-11-7-5-8-12-21)29(35)32(4-2)33-18-17-23-20-24(30)15-16-27(23)33/h6,9-10,13-16,20-21,25-26H,3-5,7-8,11-12,17-19H2,1-2H3,(H,31,34). The maximum absolute atomic E-state index is 14.0. The van der Waals surface area contributed by atoms with Crippen molar-refractivity contribution in [3.8, 4) is 0 Å². The molecule has 1 aliphatic carbocycles. The molecule has 2 amide bonds. The lowest BCUT2D eigenvalue weighted by Gasteiger charge is -2.37. The van der Waals surface area contributed by atoms with E-state index in [1.54, 1.807) is 17.1 Å². The van der Waals surface area contributed by atoms with Crippen LogP contribution in [0.4, 0.5) is 10.1 Å².